The molecule has 2 atom stereocenters. The summed E-state index contributed by atoms with van der Waals surface area (Å²) in [5, 5.41) is -0.513. The van der Waals surface area contributed by atoms with Gasteiger partial charge in [-0.15, -0.1) is 0 Å². The summed E-state index contributed by atoms with van der Waals surface area (Å²) >= 11 is 7.86. The highest BCUT2D eigenvalue weighted by atomic mass is 127. The fourth-order valence-electron chi connectivity index (χ4n) is 2.75. The Morgan fingerprint density at radius 2 is 1.64 bits per heavy atom. The third-order valence-electron chi connectivity index (χ3n) is 3.98. The number of hydrogen-bond donors (Lipinski definition) is 0. The van der Waals surface area contributed by atoms with Crippen LogP contribution in [0.25, 0.3) is 0 Å². The van der Waals surface area contributed by atoms with Crippen LogP contribution in [0.4, 0.5) is 8.78 Å². The second-order valence-electron chi connectivity index (χ2n) is 5.60. The molecule has 2 fully saturated rings. The van der Waals surface area contributed by atoms with E-state index in [0.29, 0.717) is 22.7 Å². The highest BCUT2D eigenvalue weighted by molar-refractivity contribution is 14.1. The van der Waals surface area contributed by atoms with Gasteiger partial charge in [-0.05, 0) is 25.0 Å². The zero-order chi connectivity index (χ0) is 15.7. The van der Waals surface area contributed by atoms with Crippen molar-refractivity contribution in [3.8, 4) is 0 Å². The van der Waals surface area contributed by atoms with Crippen LogP contribution in [0.1, 0.15) is 24.7 Å². The van der Waals surface area contributed by atoms with E-state index in [2.05, 4.69) is 22.6 Å². The van der Waals surface area contributed by atoms with Crippen molar-refractivity contribution >= 4 is 34.2 Å². The van der Waals surface area contributed by atoms with Crippen LogP contribution in [0.15, 0.2) is 12.1 Å². The Hall–Kier alpha value is -0.0200. The molecule has 1 aromatic rings. The minimum absolute atomic E-state index is 0.130. The van der Waals surface area contributed by atoms with Gasteiger partial charge in [0.25, 0.3) is 0 Å². The molecule has 7 heteroatoms. The van der Waals surface area contributed by atoms with E-state index in [1.165, 1.54) is 0 Å². The first-order valence-corrected chi connectivity index (χ1v) is 8.80. The fraction of sp³-hybridized carbons (Fsp3) is 0.600. The van der Waals surface area contributed by atoms with Crippen LogP contribution in [0, 0.1) is 17.6 Å². The molecule has 3 rings (SSSR count). The van der Waals surface area contributed by atoms with Gasteiger partial charge in [-0.1, -0.05) is 34.2 Å². The third-order valence-corrected chi connectivity index (χ3v) is 5.33. The highest BCUT2D eigenvalue weighted by Crippen LogP contribution is 2.33. The number of alkyl halides is 1. The van der Waals surface area contributed by atoms with Gasteiger partial charge in [0, 0.05) is 15.4 Å². The van der Waals surface area contributed by atoms with Crippen LogP contribution in [0.5, 0.6) is 0 Å². The molecule has 3 nitrogen and oxygen atoms in total. The van der Waals surface area contributed by atoms with Crippen LogP contribution in [0.2, 0.25) is 5.02 Å². The van der Waals surface area contributed by atoms with Crippen molar-refractivity contribution in [2.45, 2.75) is 29.2 Å². The summed E-state index contributed by atoms with van der Waals surface area (Å²) in [6, 6.07) is 2.29. The van der Waals surface area contributed by atoms with E-state index in [0.717, 1.165) is 31.6 Å². The fourth-order valence-corrected chi connectivity index (χ4v) is 3.42. The van der Waals surface area contributed by atoms with E-state index in [1.54, 1.807) is 0 Å². The van der Waals surface area contributed by atoms with E-state index >= 15 is 0 Å². The standard InChI is InChI=1S/C15H16ClF2IO3/c16-14-11(17)3-8(4-12(14)18)15-21-5-9(6-22-15)13-2-1-10(19)7-20-13/h3-4,9-10,13,15H,1-2,5-7H2. The first-order valence-electron chi connectivity index (χ1n) is 7.18. The number of hydrogen-bond acceptors (Lipinski definition) is 3. The first kappa shape index (κ1) is 16.8. The van der Waals surface area contributed by atoms with E-state index in [9.17, 15) is 8.78 Å². The van der Waals surface area contributed by atoms with Crippen molar-refractivity contribution < 1.29 is 23.0 Å². The van der Waals surface area contributed by atoms with Gasteiger partial charge in [-0.3, -0.25) is 0 Å². The van der Waals surface area contributed by atoms with Gasteiger partial charge in [-0.2, -0.15) is 0 Å². The van der Waals surface area contributed by atoms with Crippen molar-refractivity contribution in [1.29, 1.82) is 0 Å². The molecule has 1 aromatic carbocycles. The highest BCUT2D eigenvalue weighted by Gasteiger charge is 2.33. The summed E-state index contributed by atoms with van der Waals surface area (Å²) in [7, 11) is 0. The van der Waals surface area contributed by atoms with E-state index < -0.39 is 22.9 Å². The quantitative estimate of drug-likeness (QED) is 0.388. The summed E-state index contributed by atoms with van der Waals surface area (Å²) in [5.41, 5.74) is 0.301. The summed E-state index contributed by atoms with van der Waals surface area (Å²) in [6.07, 6.45) is 1.47. The number of ether oxygens (including phenoxy) is 3. The Morgan fingerprint density at radius 1 is 1.00 bits per heavy atom. The largest absolute Gasteiger partial charge is 0.377 e. The lowest BCUT2D eigenvalue weighted by molar-refractivity contribution is -0.225. The lowest BCUT2D eigenvalue weighted by Crippen LogP contribution is -2.40. The number of halogens is 4. The molecule has 0 radical (unpaired) electrons. The molecule has 0 bridgehead atoms. The van der Waals surface area contributed by atoms with Crippen LogP contribution < -0.4 is 0 Å². The summed E-state index contributed by atoms with van der Waals surface area (Å²) in [6.45, 7) is 1.65. The lowest BCUT2D eigenvalue weighted by Gasteiger charge is -2.36. The normalized spacial score (nSPS) is 32.9. The van der Waals surface area contributed by atoms with Gasteiger partial charge in [0.1, 0.15) is 16.7 Å². The van der Waals surface area contributed by atoms with Gasteiger partial charge in [0.15, 0.2) is 6.29 Å². The molecule has 0 aromatic heterocycles. The predicted molar refractivity (Wildman–Crippen MR) is 86.3 cm³/mol. The van der Waals surface area contributed by atoms with Gasteiger partial charge in [0.05, 0.1) is 25.9 Å². The summed E-state index contributed by atoms with van der Waals surface area (Å²) in [4.78, 5) is 0. The van der Waals surface area contributed by atoms with Crippen molar-refractivity contribution in [2.24, 2.45) is 5.92 Å². The van der Waals surface area contributed by atoms with E-state index in [1.807, 2.05) is 0 Å². The molecule has 2 unspecified atom stereocenters. The van der Waals surface area contributed by atoms with Gasteiger partial charge in [0.2, 0.25) is 0 Å². The Morgan fingerprint density at radius 3 is 2.18 bits per heavy atom. The van der Waals surface area contributed by atoms with E-state index in [4.69, 9.17) is 25.8 Å². The molecule has 0 aliphatic carbocycles. The molecule has 22 heavy (non-hydrogen) atoms. The Balaban J connectivity index is 1.60. The second-order valence-corrected chi connectivity index (χ2v) is 7.74. The molecule has 2 aliphatic rings. The maximum atomic E-state index is 13.5. The molecular formula is C15H16ClF2IO3. The first-order chi connectivity index (χ1) is 10.5. The van der Waals surface area contributed by atoms with Crippen LogP contribution in [0.3, 0.4) is 0 Å². The maximum Gasteiger partial charge on any atom is 0.184 e. The maximum absolute atomic E-state index is 13.5. The van der Waals surface area contributed by atoms with Crippen LogP contribution in [-0.4, -0.2) is 29.8 Å². The van der Waals surface area contributed by atoms with Gasteiger partial charge < -0.3 is 14.2 Å². The minimum atomic E-state index is -0.810. The monoisotopic (exact) mass is 444 g/mol. The summed E-state index contributed by atoms with van der Waals surface area (Å²) in [5.74, 6) is -1.47. The van der Waals surface area contributed by atoms with Crippen molar-refractivity contribution in [3.05, 3.63) is 34.4 Å². The Bertz CT molecular complexity index is 507. The molecule has 2 heterocycles. The zero-order valence-electron chi connectivity index (χ0n) is 11.7. The smallest absolute Gasteiger partial charge is 0.184 e. The van der Waals surface area contributed by atoms with Crippen LogP contribution >= 0.6 is 34.2 Å². The lowest BCUT2D eigenvalue weighted by atomic mass is 9.96. The topological polar surface area (TPSA) is 27.7 Å². The summed E-state index contributed by atoms with van der Waals surface area (Å²) < 4.78 is 44.6. The number of rotatable bonds is 2. The minimum Gasteiger partial charge on any atom is -0.377 e. The molecule has 2 aliphatic heterocycles. The Labute approximate surface area is 146 Å². The molecule has 0 spiro atoms. The molecule has 0 N–H and O–H groups in total. The van der Waals surface area contributed by atoms with Crippen molar-refractivity contribution in [3.63, 3.8) is 0 Å². The van der Waals surface area contributed by atoms with Gasteiger partial charge in [-0.25, -0.2) is 8.78 Å². The predicted octanol–water partition coefficient (Wildman–Crippen LogP) is 4.26. The molecule has 0 amide bonds. The van der Waals surface area contributed by atoms with Crippen molar-refractivity contribution in [2.75, 3.05) is 19.8 Å². The Kier molecular flexibility index (Phi) is 5.55. The zero-order valence-corrected chi connectivity index (χ0v) is 14.6. The molecule has 2 saturated heterocycles. The van der Waals surface area contributed by atoms with Gasteiger partial charge >= 0.3 is 0 Å². The van der Waals surface area contributed by atoms with Crippen molar-refractivity contribution in [1.82, 2.24) is 0 Å². The SMILES string of the molecule is Fc1cc(C2OCC(C3CCC(I)CO3)CO2)cc(F)c1Cl. The second kappa shape index (κ2) is 7.25. The molecular weight excluding hydrogens is 429 g/mol. The average Bonchev–Trinajstić information content (AvgIpc) is 2.53. The third kappa shape index (κ3) is 3.72. The molecule has 122 valence electrons. The molecule has 0 saturated carbocycles. The number of benzene rings is 1. The average molecular weight is 445 g/mol. The van der Waals surface area contributed by atoms with Crippen LogP contribution in [-0.2, 0) is 14.2 Å². The van der Waals surface area contributed by atoms with E-state index in [-0.39, 0.29) is 12.0 Å².